The molecule has 1 heterocycles. The van der Waals surface area contributed by atoms with Gasteiger partial charge < -0.3 is 4.57 Å². The summed E-state index contributed by atoms with van der Waals surface area (Å²) >= 11 is 1.47. The van der Waals surface area contributed by atoms with Gasteiger partial charge in [-0.15, -0.1) is 0 Å². The number of nitrogens with zero attached hydrogens (tertiary/aromatic N) is 2. The van der Waals surface area contributed by atoms with Gasteiger partial charge in [-0.25, -0.2) is 8.42 Å². The number of carbonyl (C=O) groups excluding carboxylic acids is 1. The lowest BCUT2D eigenvalue weighted by Gasteiger charge is -2.01. The Balaban J connectivity index is 2.05. The molecule has 0 saturated heterocycles. The van der Waals surface area contributed by atoms with Crippen LogP contribution in [0, 0.1) is 6.92 Å². The molecule has 0 aliphatic rings. The van der Waals surface area contributed by atoms with Crippen LogP contribution in [0.3, 0.4) is 0 Å². The molecule has 3 rings (SSSR count). The van der Waals surface area contributed by atoms with Gasteiger partial charge in [0, 0.05) is 18.4 Å². The number of hydrogen-bond donors (Lipinski definition) is 0. The molecule has 3 aromatic rings. The molecule has 0 spiro atoms. The summed E-state index contributed by atoms with van der Waals surface area (Å²) < 4.78 is 26.1. The van der Waals surface area contributed by atoms with Crippen LogP contribution >= 0.6 is 11.3 Å². The highest BCUT2D eigenvalue weighted by Crippen LogP contribution is 2.19. The average molecular weight is 374 g/mol. The van der Waals surface area contributed by atoms with Gasteiger partial charge in [-0.3, -0.25) is 4.79 Å². The third-order valence-electron chi connectivity index (χ3n) is 3.88. The van der Waals surface area contributed by atoms with E-state index in [9.17, 15) is 13.2 Å². The van der Waals surface area contributed by atoms with E-state index in [1.807, 2.05) is 30.5 Å². The van der Waals surface area contributed by atoms with Gasteiger partial charge in [0.1, 0.15) is 0 Å². The topological polar surface area (TPSA) is 68.5 Å². The van der Waals surface area contributed by atoms with Crippen LogP contribution in [0.25, 0.3) is 10.2 Å². The van der Waals surface area contributed by atoms with E-state index in [4.69, 9.17) is 0 Å². The molecule has 25 heavy (non-hydrogen) atoms. The molecule has 0 saturated carbocycles. The number of amides is 1. The average Bonchev–Trinajstić information content (AvgIpc) is 2.90. The monoisotopic (exact) mass is 374 g/mol. The highest BCUT2D eigenvalue weighted by molar-refractivity contribution is 7.90. The number of benzene rings is 2. The predicted molar refractivity (Wildman–Crippen MR) is 99.7 cm³/mol. The fraction of sp³-hybridized carbons (Fsp3) is 0.222. The summed E-state index contributed by atoms with van der Waals surface area (Å²) in [5.74, 6) is -0.384. The summed E-state index contributed by atoms with van der Waals surface area (Å²) in [7, 11) is -3.28. The Morgan fingerprint density at radius 3 is 2.44 bits per heavy atom. The lowest BCUT2D eigenvalue weighted by Crippen LogP contribution is -2.15. The minimum Gasteiger partial charge on any atom is -0.317 e. The van der Waals surface area contributed by atoms with Gasteiger partial charge in [-0.05, 0) is 55.8 Å². The van der Waals surface area contributed by atoms with Gasteiger partial charge in [0.25, 0.3) is 5.91 Å². The number of carbonyl (C=O) groups is 1. The molecule has 0 atom stereocenters. The Labute approximate surface area is 150 Å². The largest absolute Gasteiger partial charge is 0.317 e. The zero-order chi connectivity index (χ0) is 18.2. The van der Waals surface area contributed by atoms with Crippen LogP contribution in [0.2, 0.25) is 0 Å². The molecule has 0 aliphatic carbocycles. The van der Waals surface area contributed by atoms with Gasteiger partial charge in [-0.2, -0.15) is 4.99 Å². The summed E-state index contributed by atoms with van der Waals surface area (Å²) in [5.41, 5.74) is 2.58. The molecule has 0 bridgehead atoms. The number of fused-ring (bicyclic) bond motifs is 1. The van der Waals surface area contributed by atoms with Gasteiger partial charge in [0.05, 0.1) is 15.1 Å². The van der Waals surface area contributed by atoms with Crippen molar-refractivity contribution in [3.8, 4) is 0 Å². The SMILES string of the molecule is CCn1c(=NC(=O)c2ccc(S(C)(=O)=O)cc2)sc2cc(C)ccc21. The molecule has 1 aromatic heterocycles. The molecule has 5 nitrogen and oxygen atoms in total. The second kappa shape index (κ2) is 6.57. The van der Waals surface area contributed by atoms with Crippen molar-refractivity contribution >= 4 is 37.3 Å². The highest BCUT2D eigenvalue weighted by Gasteiger charge is 2.11. The number of aromatic nitrogens is 1. The lowest BCUT2D eigenvalue weighted by atomic mass is 10.2. The number of aryl methyl sites for hydroxylation is 2. The van der Waals surface area contributed by atoms with Crippen LogP contribution < -0.4 is 4.80 Å². The Kier molecular flexibility index (Phi) is 4.62. The lowest BCUT2D eigenvalue weighted by molar-refractivity contribution is 0.0997. The minimum atomic E-state index is -3.28. The number of rotatable bonds is 3. The summed E-state index contributed by atoms with van der Waals surface area (Å²) in [4.78, 5) is 17.5. The third kappa shape index (κ3) is 3.57. The Morgan fingerprint density at radius 1 is 1.16 bits per heavy atom. The summed E-state index contributed by atoms with van der Waals surface area (Å²) in [6, 6.07) is 12.0. The van der Waals surface area contributed by atoms with E-state index in [1.165, 1.54) is 35.6 Å². The smallest absolute Gasteiger partial charge is 0.279 e. The number of sulfone groups is 1. The van der Waals surface area contributed by atoms with Crippen molar-refractivity contribution in [1.29, 1.82) is 0 Å². The van der Waals surface area contributed by atoms with Crippen LogP contribution in [-0.2, 0) is 16.4 Å². The van der Waals surface area contributed by atoms with E-state index < -0.39 is 9.84 Å². The van der Waals surface area contributed by atoms with Crippen LogP contribution in [-0.4, -0.2) is 25.1 Å². The van der Waals surface area contributed by atoms with Crippen molar-refractivity contribution in [2.75, 3.05) is 6.26 Å². The fourth-order valence-corrected chi connectivity index (χ4v) is 4.39. The molecule has 2 aromatic carbocycles. The first-order chi connectivity index (χ1) is 11.8. The zero-order valence-electron chi connectivity index (χ0n) is 14.2. The van der Waals surface area contributed by atoms with E-state index >= 15 is 0 Å². The normalized spacial score (nSPS) is 12.7. The van der Waals surface area contributed by atoms with Crippen LogP contribution in [0.15, 0.2) is 52.4 Å². The zero-order valence-corrected chi connectivity index (χ0v) is 15.8. The quantitative estimate of drug-likeness (QED) is 0.707. The molecule has 0 fully saturated rings. The first-order valence-electron chi connectivity index (χ1n) is 7.79. The van der Waals surface area contributed by atoms with Crippen molar-refractivity contribution in [2.24, 2.45) is 4.99 Å². The minimum absolute atomic E-state index is 0.185. The standard InChI is InChI=1S/C18H18N2O3S2/c1-4-20-15-10-5-12(2)11-16(15)24-18(20)19-17(21)13-6-8-14(9-7-13)25(3,22)23/h5-11H,4H2,1-3H3. The molecular formula is C18H18N2O3S2. The van der Waals surface area contributed by atoms with Crippen molar-refractivity contribution in [2.45, 2.75) is 25.3 Å². The van der Waals surface area contributed by atoms with E-state index in [-0.39, 0.29) is 10.8 Å². The van der Waals surface area contributed by atoms with Crippen molar-refractivity contribution in [3.63, 3.8) is 0 Å². The van der Waals surface area contributed by atoms with Crippen molar-refractivity contribution in [1.82, 2.24) is 4.57 Å². The molecule has 0 aliphatic heterocycles. The van der Waals surface area contributed by atoms with Crippen molar-refractivity contribution in [3.05, 3.63) is 58.4 Å². The molecule has 0 N–H and O–H groups in total. The Bertz CT molecular complexity index is 1120. The van der Waals surface area contributed by atoms with Crippen LogP contribution in [0.4, 0.5) is 0 Å². The van der Waals surface area contributed by atoms with Gasteiger partial charge in [-0.1, -0.05) is 17.4 Å². The van der Waals surface area contributed by atoms with E-state index in [0.29, 0.717) is 16.9 Å². The van der Waals surface area contributed by atoms with Gasteiger partial charge in [0.15, 0.2) is 14.6 Å². The highest BCUT2D eigenvalue weighted by atomic mass is 32.2. The third-order valence-corrected chi connectivity index (χ3v) is 6.05. The number of hydrogen-bond acceptors (Lipinski definition) is 4. The molecule has 7 heteroatoms. The number of thiazole rings is 1. The van der Waals surface area contributed by atoms with E-state index in [0.717, 1.165) is 22.0 Å². The fourth-order valence-electron chi connectivity index (χ4n) is 2.57. The first-order valence-corrected chi connectivity index (χ1v) is 10.5. The second-order valence-corrected chi connectivity index (χ2v) is 8.84. The van der Waals surface area contributed by atoms with E-state index in [2.05, 4.69) is 11.1 Å². The summed E-state index contributed by atoms with van der Waals surface area (Å²) in [5, 5.41) is 0. The van der Waals surface area contributed by atoms with Gasteiger partial charge >= 0.3 is 0 Å². The van der Waals surface area contributed by atoms with Crippen LogP contribution in [0.5, 0.6) is 0 Å². The second-order valence-electron chi connectivity index (χ2n) is 5.81. The summed E-state index contributed by atoms with van der Waals surface area (Å²) in [6.45, 7) is 4.75. The maximum atomic E-state index is 12.5. The molecule has 0 unspecified atom stereocenters. The maximum absolute atomic E-state index is 12.5. The molecule has 130 valence electrons. The van der Waals surface area contributed by atoms with Crippen LogP contribution in [0.1, 0.15) is 22.8 Å². The van der Waals surface area contributed by atoms with Crippen molar-refractivity contribution < 1.29 is 13.2 Å². The predicted octanol–water partition coefficient (Wildman–Crippen LogP) is 3.18. The van der Waals surface area contributed by atoms with Gasteiger partial charge in [0.2, 0.25) is 0 Å². The first kappa shape index (κ1) is 17.6. The molecule has 0 radical (unpaired) electrons. The molecule has 1 amide bonds. The Morgan fingerprint density at radius 2 is 1.84 bits per heavy atom. The Hall–Kier alpha value is -2.25. The summed E-state index contributed by atoms with van der Waals surface area (Å²) in [6.07, 6.45) is 1.14. The molecular weight excluding hydrogens is 356 g/mol. The van der Waals surface area contributed by atoms with E-state index in [1.54, 1.807) is 0 Å². The maximum Gasteiger partial charge on any atom is 0.279 e.